The molecule has 0 aromatic heterocycles. The van der Waals surface area contributed by atoms with Crippen LogP contribution in [0.25, 0.3) is 21.5 Å². The zero-order chi connectivity index (χ0) is 23.5. The summed E-state index contributed by atoms with van der Waals surface area (Å²) in [6.07, 6.45) is 5.10. The molecular weight excluding hydrogens is 510 g/mol. The molecular formula is C29H36Cl2Zr-2. The zero-order valence-electron chi connectivity index (χ0n) is 19.9. The van der Waals surface area contributed by atoms with Gasteiger partial charge in [-0.15, -0.1) is 82.2 Å². The summed E-state index contributed by atoms with van der Waals surface area (Å²) >= 11 is -1.85. The summed E-state index contributed by atoms with van der Waals surface area (Å²) in [7, 11) is 10.3. The van der Waals surface area contributed by atoms with E-state index < -0.39 is 18.9 Å². The molecule has 4 rings (SSSR count). The van der Waals surface area contributed by atoms with E-state index in [0.717, 1.165) is 0 Å². The van der Waals surface area contributed by atoms with Crippen molar-refractivity contribution in [3.63, 3.8) is 0 Å². The van der Waals surface area contributed by atoms with Gasteiger partial charge < -0.3 is 0 Å². The fraction of sp³-hybridized carbons (Fsp3) is 0.345. The van der Waals surface area contributed by atoms with Crippen LogP contribution in [0.4, 0.5) is 0 Å². The molecule has 32 heavy (non-hydrogen) atoms. The third-order valence-electron chi connectivity index (χ3n) is 5.93. The van der Waals surface area contributed by atoms with E-state index in [9.17, 15) is 0 Å². The van der Waals surface area contributed by atoms with Crippen LogP contribution in [0.5, 0.6) is 0 Å². The normalized spacial score (nSPS) is 12.4. The molecule has 4 aromatic carbocycles. The van der Waals surface area contributed by atoms with Gasteiger partial charge in [0.25, 0.3) is 0 Å². The predicted molar refractivity (Wildman–Crippen MR) is 145 cm³/mol. The average Bonchev–Trinajstić information content (AvgIpc) is 3.39. The van der Waals surface area contributed by atoms with Crippen molar-refractivity contribution in [1.29, 1.82) is 0 Å². The van der Waals surface area contributed by atoms with Crippen molar-refractivity contribution >= 4 is 42.8 Å². The second kappa shape index (κ2) is 14.3. The first-order valence-electron chi connectivity index (χ1n) is 11.7. The van der Waals surface area contributed by atoms with Crippen LogP contribution in [0.2, 0.25) is 0 Å². The number of fused-ring (bicyclic) bond motifs is 2. The molecule has 0 amide bonds. The molecule has 0 spiro atoms. The minimum atomic E-state index is -1.85. The van der Waals surface area contributed by atoms with Crippen molar-refractivity contribution in [2.45, 2.75) is 65.2 Å². The molecule has 4 aromatic rings. The molecule has 0 N–H and O–H groups in total. The van der Waals surface area contributed by atoms with Crippen molar-refractivity contribution < 1.29 is 18.9 Å². The molecule has 0 bridgehead atoms. The zero-order valence-corrected chi connectivity index (χ0v) is 23.8. The first kappa shape index (κ1) is 27.2. The molecule has 0 radical (unpaired) electrons. The van der Waals surface area contributed by atoms with Gasteiger partial charge in [0.2, 0.25) is 0 Å². The number of hydrogen-bond acceptors (Lipinski definition) is 0. The van der Waals surface area contributed by atoms with E-state index >= 15 is 0 Å². The van der Waals surface area contributed by atoms with Crippen LogP contribution >= 0.6 is 17.0 Å². The summed E-state index contributed by atoms with van der Waals surface area (Å²) in [4.78, 5) is 0. The van der Waals surface area contributed by atoms with Gasteiger partial charge in [-0.05, 0) is 0 Å². The fourth-order valence-electron chi connectivity index (χ4n) is 4.39. The van der Waals surface area contributed by atoms with Crippen LogP contribution in [-0.2, 0) is 18.9 Å². The Bertz CT molecular complexity index is 1000. The van der Waals surface area contributed by atoms with Crippen LogP contribution < -0.4 is 0 Å². The Kier molecular flexibility index (Phi) is 12.2. The van der Waals surface area contributed by atoms with Gasteiger partial charge in [-0.2, -0.15) is 11.1 Å². The standard InChI is InChI=1S/2C14H17.CH2.2ClH.Zr/c2*1-3-6-11(2)13-10-9-12-7-4-5-8-14(12)13;;;;/h2*4-5,7-11H,3,6H2,1-2H3;1H2;2*1H;/q2*-1;;;;+2/p-2. The van der Waals surface area contributed by atoms with E-state index in [1.165, 1.54) is 58.4 Å². The van der Waals surface area contributed by atoms with Gasteiger partial charge >= 0.3 is 40.1 Å². The average molecular weight is 547 g/mol. The van der Waals surface area contributed by atoms with Crippen LogP contribution in [0.3, 0.4) is 0 Å². The second-order valence-electron chi connectivity index (χ2n) is 8.47. The molecule has 0 aliphatic heterocycles. The monoisotopic (exact) mass is 544 g/mol. The Hall–Kier alpha value is -1.01. The van der Waals surface area contributed by atoms with Crippen LogP contribution in [0.15, 0.2) is 72.8 Å². The van der Waals surface area contributed by atoms with E-state index in [4.69, 9.17) is 17.0 Å². The van der Waals surface area contributed by atoms with Crippen LogP contribution in [-0.4, -0.2) is 4.21 Å². The van der Waals surface area contributed by atoms with Crippen molar-refractivity contribution in [2.75, 3.05) is 0 Å². The van der Waals surface area contributed by atoms with E-state index in [-0.39, 0.29) is 0 Å². The van der Waals surface area contributed by atoms with Crippen molar-refractivity contribution in [2.24, 2.45) is 0 Å². The van der Waals surface area contributed by atoms with Gasteiger partial charge in [0.1, 0.15) is 0 Å². The molecule has 2 atom stereocenters. The summed E-state index contributed by atoms with van der Waals surface area (Å²) in [6, 6.07) is 26.4. The molecule has 0 saturated heterocycles. The quantitative estimate of drug-likeness (QED) is 0.211. The van der Waals surface area contributed by atoms with Crippen molar-refractivity contribution in [3.8, 4) is 0 Å². The summed E-state index contributed by atoms with van der Waals surface area (Å²) in [5.74, 6) is 1.39. The second-order valence-corrected chi connectivity index (χ2v) is 16.7. The molecule has 0 fully saturated rings. The molecule has 0 aliphatic carbocycles. The third-order valence-corrected chi connectivity index (χ3v) is 5.93. The maximum atomic E-state index is 5.13. The van der Waals surface area contributed by atoms with Crippen molar-refractivity contribution in [1.82, 2.24) is 0 Å². The molecule has 3 heteroatoms. The molecule has 172 valence electrons. The Morgan fingerprint density at radius 1 is 0.750 bits per heavy atom. The van der Waals surface area contributed by atoms with E-state index in [2.05, 4.69) is 105 Å². The minimum absolute atomic E-state index is 0.694. The van der Waals surface area contributed by atoms with Gasteiger partial charge in [-0.1, -0.05) is 77.3 Å². The van der Waals surface area contributed by atoms with E-state index in [1.807, 2.05) is 0 Å². The maximum absolute atomic E-state index is 5.13. The summed E-state index contributed by atoms with van der Waals surface area (Å²) in [5.41, 5.74) is 3.03. The summed E-state index contributed by atoms with van der Waals surface area (Å²) in [6.45, 7) is 9.15. The van der Waals surface area contributed by atoms with Crippen LogP contribution in [0, 0.1) is 0 Å². The fourth-order valence-corrected chi connectivity index (χ4v) is 4.39. The molecule has 0 saturated carbocycles. The molecule has 0 aliphatic rings. The number of benzene rings is 2. The van der Waals surface area contributed by atoms with Crippen molar-refractivity contribution in [3.05, 3.63) is 83.9 Å². The first-order chi connectivity index (χ1) is 15.4. The predicted octanol–water partition coefficient (Wildman–Crippen LogP) is 10.3. The van der Waals surface area contributed by atoms with E-state index in [0.29, 0.717) is 11.8 Å². The van der Waals surface area contributed by atoms with Gasteiger partial charge in [-0.3, -0.25) is 0 Å². The van der Waals surface area contributed by atoms with Gasteiger partial charge in [-0.25, -0.2) is 0 Å². The topological polar surface area (TPSA) is 0 Å². The third kappa shape index (κ3) is 8.09. The molecule has 2 unspecified atom stereocenters. The number of rotatable bonds is 6. The Labute approximate surface area is 209 Å². The SMILES string of the molecule is CCCC(C)c1c[cH-]c2ccccc12.CCCC(C)c1c[cH-]c2ccccc12.[CH2]=[Zr]([Cl])[Cl]. The Morgan fingerprint density at radius 2 is 1.09 bits per heavy atom. The van der Waals surface area contributed by atoms with Gasteiger partial charge in [0.05, 0.1) is 0 Å². The Morgan fingerprint density at radius 3 is 1.44 bits per heavy atom. The molecule has 0 nitrogen and oxygen atoms in total. The molecule has 0 heterocycles. The summed E-state index contributed by atoms with van der Waals surface area (Å²) < 4.78 is 3.37. The summed E-state index contributed by atoms with van der Waals surface area (Å²) in [5, 5.41) is 5.64. The van der Waals surface area contributed by atoms with Crippen LogP contribution in [0.1, 0.15) is 76.3 Å². The van der Waals surface area contributed by atoms with Gasteiger partial charge in [0.15, 0.2) is 0 Å². The van der Waals surface area contributed by atoms with E-state index in [1.54, 1.807) is 0 Å². The number of halogens is 2. The Balaban J connectivity index is 0.000000195. The first-order valence-corrected chi connectivity index (χ1v) is 19.7. The number of hydrogen-bond donors (Lipinski definition) is 0. The van der Waals surface area contributed by atoms with Gasteiger partial charge in [0, 0.05) is 0 Å².